The molecule has 3 rings (SSSR count). The topological polar surface area (TPSA) is 29.3 Å². The smallest absolute Gasteiger partial charge is 0.135 e. The molecule has 1 unspecified atom stereocenters. The van der Waals surface area contributed by atoms with Gasteiger partial charge in [0, 0.05) is 24.7 Å². The maximum absolute atomic E-state index is 14.0. The minimum absolute atomic E-state index is 0.117. The Morgan fingerprint density at radius 2 is 1.90 bits per heavy atom. The van der Waals surface area contributed by atoms with Crippen molar-refractivity contribution >= 4 is 22.9 Å². The van der Waals surface area contributed by atoms with Crippen molar-refractivity contribution in [2.75, 3.05) is 18.0 Å². The maximum Gasteiger partial charge on any atom is 0.135 e. The van der Waals surface area contributed by atoms with Gasteiger partial charge in [-0.2, -0.15) is 0 Å². The van der Waals surface area contributed by atoms with E-state index in [-0.39, 0.29) is 10.8 Å². The fourth-order valence-corrected chi connectivity index (χ4v) is 3.20. The van der Waals surface area contributed by atoms with Gasteiger partial charge < -0.3 is 10.6 Å². The first-order valence-corrected chi connectivity index (χ1v) is 7.46. The van der Waals surface area contributed by atoms with E-state index < -0.39 is 0 Å². The van der Waals surface area contributed by atoms with Crippen molar-refractivity contribution in [3.8, 4) is 0 Å². The number of anilines is 1. The molecule has 1 fully saturated rings. The van der Waals surface area contributed by atoms with Crippen LogP contribution in [0.2, 0.25) is 0 Å². The molecule has 1 saturated heterocycles. The van der Waals surface area contributed by atoms with Crippen LogP contribution in [0.4, 0.5) is 10.1 Å². The highest BCUT2D eigenvalue weighted by molar-refractivity contribution is 7.80. The lowest BCUT2D eigenvalue weighted by Gasteiger charge is -2.22. The number of halogens is 1. The summed E-state index contributed by atoms with van der Waals surface area (Å²) in [5.41, 5.74) is 8.19. The summed E-state index contributed by atoms with van der Waals surface area (Å²) in [5.74, 6) is 0.122. The van der Waals surface area contributed by atoms with E-state index in [1.165, 1.54) is 11.6 Å². The van der Waals surface area contributed by atoms with Crippen LogP contribution in [0.15, 0.2) is 48.5 Å². The van der Waals surface area contributed by atoms with Crippen molar-refractivity contribution < 1.29 is 4.39 Å². The van der Waals surface area contributed by atoms with Crippen molar-refractivity contribution in [2.45, 2.75) is 12.3 Å². The molecule has 21 heavy (non-hydrogen) atoms. The summed E-state index contributed by atoms with van der Waals surface area (Å²) in [5, 5.41) is 0. The molecule has 2 nitrogen and oxygen atoms in total. The second-order valence-electron chi connectivity index (χ2n) is 5.34. The predicted molar refractivity (Wildman–Crippen MR) is 88.3 cm³/mol. The number of rotatable bonds is 3. The lowest BCUT2D eigenvalue weighted by Crippen LogP contribution is -2.24. The fraction of sp³-hybridized carbons (Fsp3) is 0.235. The highest BCUT2D eigenvalue weighted by atomic mass is 32.1. The van der Waals surface area contributed by atoms with Gasteiger partial charge in [-0.1, -0.05) is 48.6 Å². The Hall–Kier alpha value is -1.94. The van der Waals surface area contributed by atoms with Crippen LogP contribution in [0, 0.1) is 5.82 Å². The molecular weight excluding hydrogens is 283 g/mol. The highest BCUT2D eigenvalue weighted by Gasteiger charge is 2.26. The number of nitrogens with zero attached hydrogens (tertiary/aromatic N) is 1. The van der Waals surface area contributed by atoms with Crippen molar-refractivity contribution in [3.63, 3.8) is 0 Å². The van der Waals surface area contributed by atoms with Crippen LogP contribution >= 0.6 is 12.2 Å². The summed E-state index contributed by atoms with van der Waals surface area (Å²) >= 11 is 5.01. The zero-order valence-corrected chi connectivity index (χ0v) is 12.4. The molecule has 0 saturated carbocycles. The lowest BCUT2D eigenvalue weighted by molar-refractivity contribution is 0.625. The Balaban J connectivity index is 1.87. The van der Waals surface area contributed by atoms with E-state index in [1.807, 2.05) is 12.1 Å². The minimum atomic E-state index is -0.344. The first-order chi connectivity index (χ1) is 10.2. The van der Waals surface area contributed by atoms with Crippen molar-refractivity contribution in [1.29, 1.82) is 0 Å². The van der Waals surface area contributed by atoms with E-state index in [0.29, 0.717) is 11.5 Å². The van der Waals surface area contributed by atoms with E-state index in [1.54, 1.807) is 6.07 Å². The van der Waals surface area contributed by atoms with Gasteiger partial charge in [0.15, 0.2) is 0 Å². The molecule has 0 radical (unpaired) electrons. The van der Waals surface area contributed by atoms with Gasteiger partial charge in [-0.3, -0.25) is 0 Å². The van der Waals surface area contributed by atoms with Crippen LogP contribution in [-0.2, 0) is 0 Å². The molecule has 1 aliphatic heterocycles. The molecule has 0 aliphatic carbocycles. The van der Waals surface area contributed by atoms with Gasteiger partial charge in [-0.15, -0.1) is 0 Å². The van der Waals surface area contributed by atoms with Crippen molar-refractivity contribution in [1.82, 2.24) is 0 Å². The second kappa shape index (κ2) is 5.82. The van der Waals surface area contributed by atoms with Gasteiger partial charge in [0.2, 0.25) is 0 Å². The van der Waals surface area contributed by atoms with Crippen LogP contribution in [0.25, 0.3) is 0 Å². The number of hydrogen-bond donors (Lipinski definition) is 1. The Kier molecular flexibility index (Phi) is 3.88. The fourth-order valence-electron chi connectivity index (χ4n) is 3.00. The Bertz CT molecular complexity index is 657. The minimum Gasteiger partial charge on any atom is -0.389 e. The van der Waals surface area contributed by atoms with Gasteiger partial charge in [-0.05, 0) is 24.1 Å². The molecule has 2 aromatic rings. The Labute approximate surface area is 129 Å². The summed E-state index contributed by atoms with van der Waals surface area (Å²) < 4.78 is 14.0. The number of hydrogen-bond acceptors (Lipinski definition) is 2. The molecule has 2 aromatic carbocycles. The van der Waals surface area contributed by atoms with E-state index in [9.17, 15) is 4.39 Å². The molecule has 2 N–H and O–H groups in total. The number of benzene rings is 2. The molecule has 1 heterocycles. The van der Waals surface area contributed by atoms with Gasteiger partial charge >= 0.3 is 0 Å². The summed E-state index contributed by atoms with van der Waals surface area (Å²) in [7, 11) is 0. The average Bonchev–Trinajstić information content (AvgIpc) is 2.97. The van der Waals surface area contributed by atoms with Gasteiger partial charge in [0.05, 0.1) is 5.56 Å². The molecule has 4 heteroatoms. The van der Waals surface area contributed by atoms with E-state index in [2.05, 4.69) is 29.2 Å². The normalized spacial score (nSPS) is 18.0. The standard InChI is InChI=1S/C17H17FN2S/c18-14-7-4-8-15(16(14)17(19)21)20-10-9-13(11-20)12-5-2-1-3-6-12/h1-8,13H,9-11H2,(H2,19,21). The van der Waals surface area contributed by atoms with Crippen LogP contribution in [0.5, 0.6) is 0 Å². The molecular formula is C17H17FN2S. The quantitative estimate of drug-likeness (QED) is 0.880. The Morgan fingerprint density at radius 3 is 2.62 bits per heavy atom. The van der Waals surface area contributed by atoms with Gasteiger partial charge in [0.25, 0.3) is 0 Å². The van der Waals surface area contributed by atoms with Gasteiger partial charge in [-0.25, -0.2) is 4.39 Å². The third-order valence-corrected chi connectivity index (χ3v) is 4.24. The molecule has 1 atom stereocenters. The van der Waals surface area contributed by atoms with Crippen LogP contribution < -0.4 is 10.6 Å². The third kappa shape index (κ3) is 2.76. The van der Waals surface area contributed by atoms with Gasteiger partial charge in [0.1, 0.15) is 10.8 Å². The lowest BCUT2D eigenvalue weighted by atomic mass is 9.99. The predicted octanol–water partition coefficient (Wildman–Crippen LogP) is 3.45. The second-order valence-corrected chi connectivity index (χ2v) is 5.78. The zero-order valence-electron chi connectivity index (χ0n) is 11.6. The third-order valence-electron chi connectivity index (χ3n) is 4.04. The molecule has 1 aliphatic rings. The Morgan fingerprint density at radius 1 is 1.14 bits per heavy atom. The SMILES string of the molecule is NC(=S)c1c(F)cccc1N1CCC(c2ccccc2)C1. The van der Waals surface area contributed by atoms with E-state index >= 15 is 0 Å². The molecule has 0 aromatic heterocycles. The highest BCUT2D eigenvalue weighted by Crippen LogP contribution is 2.33. The summed E-state index contributed by atoms with van der Waals surface area (Å²) in [6.45, 7) is 1.75. The average molecular weight is 300 g/mol. The summed E-state index contributed by atoms with van der Waals surface area (Å²) in [6, 6.07) is 15.4. The molecule has 0 amide bonds. The number of thiocarbonyl (C=S) groups is 1. The maximum atomic E-state index is 14.0. The van der Waals surface area contributed by atoms with E-state index in [0.717, 1.165) is 25.2 Å². The molecule has 0 spiro atoms. The first kappa shape index (κ1) is 14.0. The molecule has 108 valence electrons. The summed E-state index contributed by atoms with van der Waals surface area (Å²) in [6.07, 6.45) is 1.05. The van der Waals surface area contributed by atoms with Crippen molar-refractivity contribution in [2.24, 2.45) is 5.73 Å². The van der Waals surface area contributed by atoms with Crippen LogP contribution in [-0.4, -0.2) is 18.1 Å². The van der Waals surface area contributed by atoms with Crippen LogP contribution in [0.3, 0.4) is 0 Å². The largest absolute Gasteiger partial charge is 0.389 e. The zero-order chi connectivity index (χ0) is 14.8. The van der Waals surface area contributed by atoms with Crippen LogP contribution in [0.1, 0.15) is 23.5 Å². The first-order valence-electron chi connectivity index (χ1n) is 7.05. The summed E-state index contributed by atoms with van der Waals surface area (Å²) in [4.78, 5) is 2.29. The monoisotopic (exact) mass is 300 g/mol. The molecule has 0 bridgehead atoms. The van der Waals surface area contributed by atoms with Crippen molar-refractivity contribution in [3.05, 3.63) is 65.5 Å². The number of nitrogens with two attached hydrogens (primary N) is 1. The van der Waals surface area contributed by atoms with E-state index in [4.69, 9.17) is 18.0 Å².